The van der Waals surface area contributed by atoms with Crippen LogP contribution in [0.1, 0.15) is 18.4 Å². The molecule has 1 N–H and O–H groups in total. The molecule has 1 saturated heterocycles. The van der Waals surface area contributed by atoms with E-state index in [4.69, 9.17) is 0 Å². The lowest BCUT2D eigenvalue weighted by atomic mass is 9.98. The Balaban J connectivity index is 1.68. The summed E-state index contributed by atoms with van der Waals surface area (Å²) < 4.78 is 0. The van der Waals surface area contributed by atoms with E-state index in [1.807, 2.05) is 18.5 Å². The molecule has 1 unspecified atom stereocenters. The van der Waals surface area contributed by atoms with Gasteiger partial charge in [0.15, 0.2) is 0 Å². The van der Waals surface area contributed by atoms with Crippen molar-refractivity contribution in [1.82, 2.24) is 15.2 Å². The second kappa shape index (κ2) is 5.97. The number of hydrogen-bond donors (Lipinski definition) is 1. The summed E-state index contributed by atoms with van der Waals surface area (Å²) in [6.45, 7) is 4.56. The molecule has 88 valence electrons. The van der Waals surface area contributed by atoms with Gasteiger partial charge in [-0.25, -0.2) is 0 Å². The minimum Gasteiger partial charge on any atom is -0.312 e. The first-order valence-electron chi connectivity index (χ1n) is 6.13. The summed E-state index contributed by atoms with van der Waals surface area (Å²) in [4.78, 5) is 6.54. The summed E-state index contributed by atoms with van der Waals surface area (Å²) >= 11 is 0. The second-order valence-electron chi connectivity index (χ2n) is 4.76. The average Bonchev–Trinajstić information content (AvgIpc) is 2.30. The van der Waals surface area contributed by atoms with Crippen molar-refractivity contribution in [2.24, 2.45) is 5.92 Å². The van der Waals surface area contributed by atoms with Gasteiger partial charge in [-0.15, -0.1) is 0 Å². The molecular formula is C13H21N3. The minimum atomic E-state index is 0.815. The molecule has 0 saturated carbocycles. The molecule has 1 aliphatic rings. The van der Waals surface area contributed by atoms with E-state index < -0.39 is 0 Å². The number of piperidine rings is 1. The highest BCUT2D eigenvalue weighted by Crippen LogP contribution is 2.13. The number of hydrogen-bond acceptors (Lipinski definition) is 3. The molecule has 1 fully saturated rings. The molecule has 0 radical (unpaired) electrons. The van der Waals surface area contributed by atoms with Crippen molar-refractivity contribution in [2.45, 2.75) is 19.4 Å². The van der Waals surface area contributed by atoms with E-state index in [9.17, 15) is 0 Å². The molecule has 2 rings (SSSR count). The Hall–Kier alpha value is -0.930. The molecule has 1 atom stereocenters. The lowest BCUT2D eigenvalue weighted by Crippen LogP contribution is -2.37. The van der Waals surface area contributed by atoms with Crippen molar-refractivity contribution in [3.8, 4) is 0 Å². The molecule has 3 heteroatoms. The van der Waals surface area contributed by atoms with Crippen LogP contribution in [-0.2, 0) is 6.54 Å². The number of nitrogens with one attached hydrogen (secondary N) is 1. The highest BCUT2D eigenvalue weighted by Gasteiger charge is 2.16. The SMILES string of the molecule is CN1CCCC(CNCc2cccnc2)C1. The standard InChI is InChI=1S/C13H21N3/c1-16-7-3-5-13(11-16)10-15-9-12-4-2-6-14-8-12/h2,4,6,8,13,15H,3,5,7,9-11H2,1H3. The van der Waals surface area contributed by atoms with Crippen LogP contribution in [0.15, 0.2) is 24.5 Å². The Morgan fingerprint density at radius 1 is 1.56 bits per heavy atom. The summed E-state index contributed by atoms with van der Waals surface area (Å²) in [5.41, 5.74) is 1.27. The maximum absolute atomic E-state index is 4.11. The van der Waals surface area contributed by atoms with Gasteiger partial charge in [0.2, 0.25) is 0 Å². The van der Waals surface area contributed by atoms with Crippen LogP contribution in [-0.4, -0.2) is 36.6 Å². The first kappa shape index (κ1) is 11.6. The molecule has 0 bridgehead atoms. The maximum Gasteiger partial charge on any atom is 0.0312 e. The van der Waals surface area contributed by atoms with E-state index >= 15 is 0 Å². The van der Waals surface area contributed by atoms with Crippen LogP contribution in [0.25, 0.3) is 0 Å². The highest BCUT2D eigenvalue weighted by molar-refractivity contribution is 5.07. The van der Waals surface area contributed by atoms with Crippen LogP contribution in [0.2, 0.25) is 0 Å². The molecule has 16 heavy (non-hydrogen) atoms. The van der Waals surface area contributed by atoms with Gasteiger partial charge in [0, 0.05) is 25.5 Å². The largest absolute Gasteiger partial charge is 0.312 e. The van der Waals surface area contributed by atoms with Crippen molar-refractivity contribution in [2.75, 3.05) is 26.7 Å². The van der Waals surface area contributed by atoms with Crippen molar-refractivity contribution in [3.63, 3.8) is 0 Å². The van der Waals surface area contributed by atoms with E-state index in [0.29, 0.717) is 0 Å². The molecule has 0 aromatic carbocycles. The molecule has 0 spiro atoms. The molecule has 1 aliphatic heterocycles. The number of pyridine rings is 1. The predicted octanol–water partition coefficient (Wildman–Crippen LogP) is 1.51. The van der Waals surface area contributed by atoms with Crippen molar-refractivity contribution >= 4 is 0 Å². The Kier molecular flexibility index (Phi) is 4.31. The Morgan fingerprint density at radius 2 is 2.50 bits per heavy atom. The predicted molar refractivity (Wildman–Crippen MR) is 66.2 cm³/mol. The van der Waals surface area contributed by atoms with Gasteiger partial charge in [0.25, 0.3) is 0 Å². The summed E-state index contributed by atoms with van der Waals surface area (Å²) in [7, 11) is 2.22. The van der Waals surface area contributed by atoms with Gasteiger partial charge in [-0.05, 0) is 50.5 Å². The third-order valence-electron chi connectivity index (χ3n) is 3.21. The lowest BCUT2D eigenvalue weighted by molar-refractivity contribution is 0.206. The molecule has 2 heterocycles. The topological polar surface area (TPSA) is 28.2 Å². The third-order valence-corrected chi connectivity index (χ3v) is 3.21. The summed E-state index contributed by atoms with van der Waals surface area (Å²) in [6, 6.07) is 4.11. The normalized spacial score (nSPS) is 22.2. The number of rotatable bonds is 4. The van der Waals surface area contributed by atoms with Crippen LogP contribution in [0.3, 0.4) is 0 Å². The zero-order chi connectivity index (χ0) is 11.2. The number of aromatic nitrogens is 1. The lowest BCUT2D eigenvalue weighted by Gasteiger charge is -2.29. The molecule has 0 amide bonds. The average molecular weight is 219 g/mol. The fraction of sp³-hybridized carbons (Fsp3) is 0.615. The summed E-state index contributed by atoms with van der Waals surface area (Å²) in [5, 5.41) is 3.53. The first-order valence-corrected chi connectivity index (χ1v) is 6.13. The molecule has 1 aromatic rings. The van der Waals surface area contributed by atoms with Gasteiger partial charge < -0.3 is 10.2 Å². The minimum absolute atomic E-state index is 0.815. The van der Waals surface area contributed by atoms with Gasteiger partial charge in [0.1, 0.15) is 0 Å². The van der Waals surface area contributed by atoms with Crippen molar-refractivity contribution in [1.29, 1.82) is 0 Å². The van der Waals surface area contributed by atoms with E-state index in [0.717, 1.165) is 19.0 Å². The third kappa shape index (κ3) is 3.58. The Labute approximate surface area is 97.9 Å². The Bertz CT molecular complexity index is 299. The van der Waals surface area contributed by atoms with Crippen molar-refractivity contribution in [3.05, 3.63) is 30.1 Å². The van der Waals surface area contributed by atoms with E-state index in [-0.39, 0.29) is 0 Å². The fourth-order valence-electron chi connectivity index (χ4n) is 2.36. The molecule has 1 aromatic heterocycles. The quantitative estimate of drug-likeness (QED) is 0.832. The van der Waals surface area contributed by atoms with Gasteiger partial charge in [-0.2, -0.15) is 0 Å². The summed E-state index contributed by atoms with van der Waals surface area (Å²) in [5.74, 6) is 0.815. The number of nitrogens with zero attached hydrogens (tertiary/aromatic N) is 2. The van der Waals surface area contributed by atoms with Crippen LogP contribution in [0.4, 0.5) is 0 Å². The monoisotopic (exact) mass is 219 g/mol. The zero-order valence-electron chi connectivity index (χ0n) is 10.0. The molecule has 0 aliphatic carbocycles. The van der Waals surface area contributed by atoms with Gasteiger partial charge in [-0.1, -0.05) is 6.07 Å². The highest BCUT2D eigenvalue weighted by atomic mass is 15.1. The van der Waals surface area contributed by atoms with E-state index in [1.165, 1.54) is 31.5 Å². The van der Waals surface area contributed by atoms with Gasteiger partial charge in [0.05, 0.1) is 0 Å². The molecular weight excluding hydrogens is 198 g/mol. The van der Waals surface area contributed by atoms with Crippen LogP contribution in [0, 0.1) is 5.92 Å². The van der Waals surface area contributed by atoms with Crippen molar-refractivity contribution < 1.29 is 0 Å². The van der Waals surface area contributed by atoms with Gasteiger partial charge >= 0.3 is 0 Å². The van der Waals surface area contributed by atoms with E-state index in [1.54, 1.807) is 0 Å². The fourth-order valence-corrected chi connectivity index (χ4v) is 2.36. The first-order chi connectivity index (χ1) is 7.84. The van der Waals surface area contributed by atoms with E-state index in [2.05, 4.69) is 28.3 Å². The zero-order valence-corrected chi connectivity index (χ0v) is 10.0. The summed E-state index contributed by atoms with van der Waals surface area (Å²) in [6.07, 6.45) is 6.46. The second-order valence-corrected chi connectivity index (χ2v) is 4.76. The van der Waals surface area contributed by atoms with Gasteiger partial charge in [-0.3, -0.25) is 4.98 Å². The number of likely N-dealkylation sites (tertiary alicyclic amines) is 1. The Morgan fingerprint density at radius 3 is 3.25 bits per heavy atom. The maximum atomic E-state index is 4.11. The smallest absolute Gasteiger partial charge is 0.0312 e. The molecule has 3 nitrogen and oxygen atoms in total. The van der Waals surface area contributed by atoms with Crippen LogP contribution >= 0.6 is 0 Å². The van der Waals surface area contributed by atoms with Crippen LogP contribution < -0.4 is 5.32 Å². The van der Waals surface area contributed by atoms with Crippen LogP contribution in [0.5, 0.6) is 0 Å².